The van der Waals surface area contributed by atoms with E-state index in [9.17, 15) is 9.59 Å². The Bertz CT molecular complexity index is 1180. The monoisotopic (exact) mass is 485 g/mol. The van der Waals surface area contributed by atoms with Crippen molar-refractivity contribution in [1.82, 2.24) is 10.3 Å². The van der Waals surface area contributed by atoms with E-state index in [1.54, 1.807) is 17.4 Å². The highest BCUT2D eigenvalue weighted by Gasteiger charge is 2.14. The summed E-state index contributed by atoms with van der Waals surface area (Å²) in [6, 6.07) is 17.2. The average Bonchev–Trinajstić information content (AvgIpc) is 3.35. The first-order chi connectivity index (χ1) is 14.0. The number of anilines is 1. The molecule has 0 atom stereocenters. The number of aryl methyl sites for hydroxylation is 1. The predicted molar refractivity (Wildman–Crippen MR) is 123 cm³/mol. The number of hydrogen-bond acceptors (Lipinski definition) is 5. The first kappa shape index (κ1) is 19.8. The summed E-state index contributed by atoms with van der Waals surface area (Å²) < 4.78 is 2.06. The Morgan fingerprint density at radius 2 is 1.90 bits per heavy atom. The van der Waals surface area contributed by atoms with Gasteiger partial charge in [-0.25, -0.2) is 4.98 Å². The van der Waals surface area contributed by atoms with E-state index in [0.717, 1.165) is 35.8 Å². The molecule has 0 aliphatic rings. The van der Waals surface area contributed by atoms with Crippen LogP contribution in [-0.2, 0) is 4.79 Å². The van der Waals surface area contributed by atoms with Gasteiger partial charge in [0.2, 0.25) is 5.91 Å². The number of nitrogens with zero attached hydrogens (tertiary/aromatic N) is 1. The number of carbonyl (C=O) groups excluding carboxylic acids is 2. The summed E-state index contributed by atoms with van der Waals surface area (Å²) in [5.41, 5.74) is 2.62. The molecule has 5 nitrogen and oxygen atoms in total. The fraction of sp³-hybridized carbons (Fsp3) is 0.0952. The van der Waals surface area contributed by atoms with Crippen LogP contribution >= 0.6 is 38.6 Å². The van der Waals surface area contributed by atoms with E-state index in [-0.39, 0.29) is 18.4 Å². The number of aromatic nitrogens is 1. The standard InChI is InChI=1S/C21H16BrN3O2S2/c1-12-10-13(22)6-7-14(12)24-19(26)11-23-20(27)17-8-9-18(28-17)21-25-15-4-2-3-5-16(15)29-21/h2-10H,11H2,1H3,(H,23,27)(H,24,26). The van der Waals surface area contributed by atoms with Crippen molar-refractivity contribution in [2.75, 3.05) is 11.9 Å². The van der Waals surface area contributed by atoms with Crippen molar-refractivity contribution in [1.29, 1.82) is 0 Å². The summed E-state index contributed by atoms with van der Waals surface area (Å²) in [4.78, 5) is 30.7. The van der Waals surface area contributed by atoms with Crippen molar-refractivity contribution in [2.45, 2.75) is 6.92 Å². The first-order valence-corrected chi connectivity index (χ1v) is 11.2. The maximum atomic E-state index is 12.4. The Morgan fingerprint density at radius 1 is 1.07 bits per heavy atom. The number of halogens is 1. The summed E-state index contributed by atoms with van der Waals surface area (Å²) in [5, 5.41) is 6.37. The molecule has 0 saturated carbocycles. The zero-order valence-electron chi connectivity index (χ0n) is 15.4. The highest BCUT2D eigenvalue weighted by Crippen LogP contribution is 2.34. The van der Waals surface area contributed by atoms with E-state index >= 15 is 0 Å². The predicted octanol–water partition coefficient (Wildman–Crippen LogP) is 5.46. The summed E-state index contributed by atoms with van der Waals surface area (Å²) in [6.45, 7) is 1.82. The van der Waals surface area contributed by atoms with Gasteiger partial charge in [-0.05, 0) is 55.0 Å². The normalized spacial score (nSPS) is 10.8. The highest BCUT2D eigenvalue weighted by atomic mass is 79.9. The zero-order valence-corrected chi connectivity index (χ0v) is 18.6. The van der Waals surface area contributed by atoms with Crippen LogP contribution in [0.5, 0.6) is 0 Å². The molecule has 0 saturated heterocycles. The Kier molecular flexibility index (Phi) is 5.75. The van der Waals surface area contributed by atoms with Gasteiger partial charge in [-0.15, -0.1) is 22.7 Å². The molecule has 4 rings (SSSR count). The molecule has 4 aromatic rings. The van der Waals surface area contributed by atoms with Gasteiger partial charge in [-0.2, -0.15) is 0 Å². The van der Waals surface area contributed by atoms with E-state index in [1.807, 2.05) is 55.5 Å². The van der Waals surface area contributed by atoms with Gasteiger partial charge in [0.25, 0.3) is 5.91 Å². The fourth-order valence-corrected chi connectivity index (χ4v) is 5.18. The number of fused-ring (bicyclic) bond motifs is 1. The number of rotatable bonds is 5. The van der Waals surface area contributed by atoms with Crippen LogP contribution in [0.15, 0.2) is 59.1 Å². The van der Waals surface area contributed by atoms with Crippen LogP contribution in [0.4, 0.5) is 5.69 Å². The summed E-state index contributed by atoms with van der Waals surface area (Å²) in [7, 11) is 0. The van der Waals surface area contributed by atoms with Crippen molar-refractivity contribution in [2.24, 2.45) is 0 Å². The summed E-state index contributed by atoms with van der Waals surface area (Å²) in [6.07, 6.45) is 0. The summed E-state index contributed by atoms with van der Waals surface area (Å²) in [5.74, 6) is -0.545. The quantitative estimate of drug-likeness (QED) is 0.393. The van der Waals surface area contributed by atoms with Crippen LogP contribution < -0.4 is 10.6 Å². The number of para-hydroxylation sites is 1. The average molecular weight is 486 g/mol. The molecule has 0 bridgehead atoms. The van der Waals surface area contributed by atoms with Gasteiger partial charge in [-0.1, -0.05) is 28.1 Å². The molecule has 0 aliphatic carbocycles. The molecular formula is C21H16BrN3O2S2. The Balaban J connectivity index is 1.38. The molecular weight excluding hydrogens is 470 g/mol. The number of amides is 2. The van der Waals surface area contributed by atoms with Crippen LogP contribution in [0, 0.1) is 6.92 Å². The van der Waals surface area contributed by atoms with Crippen LogP contribution in [0.3, 0.4) is 0 Å². The van der Waals surface area contributed by atoms with Crippen molar-refractivity contribution in [3.8, 4) is 9.88 Å². The second-order valence-electron chi connectivity index (χ2n) is 6.34. The van der Waals surface area contributed by atoms with Crippen molar-refractivity contribution in [3.05, 3.63) is 69.5 Å². The van der Waals surface area contributed by atoms with Crippen molar-refractivity contribution >= 4 is 66.3 Å². The first-order valence-electron chi connectivity index (χ1n) is 8.79. The van der Waals surface area contributed by atoms with E-state index in [1.165, 1.54) is 11.3 Å². The molecule has 2 aromatic carbocycles. The molecule has 2 aromatic heterocycles. The number of thiophene rings is 1. The minimum Gasteiger partial charge on any atom is -0.342 e. The molecule has 0 fully saturated rings. The number of benzene rings is 2. The lowest BCUT2D eigenvalue weighted by molar-refractivity contribution is -0.115. The van der Waals surface area contributed by atoms with Crippen LogP contribution in [-0.4, -0.2) is 23.3 Å². The lowest BCUT2D eigenvalue weighted by Crippen LogP contribution is -2.32. The number of nitrogens with one attached hydrogen (secondary N) is 2. The van der Waals surface area contributed by atoms with Crippen molar-refractivity contribution in [3.63, 3.8) is 0 Å². The highest BCUT2D eigenvalue weighted by molar-refractivity contribution is 9.10. The molecule has 0 spiro atoms. The zero-order chi connectivity index (χ0) is 20.4. The number of thiazole rings is 1. The molecule has 8 heteroatoms. The summed E-state index contributed by atoms with van der Waals surface area (Å²) >= 11 is 6.36. The maximum absolute atomic E-state index is 12.4. The molecule has 0 unspecified atom stereocenters. The van der Waals surface area contributed by atoms with Gasteiger partial charge in [0.1, 0.15) is 5.01 Å². The van der Waals surface area contributed by atoms with E-state index in [2.05, 4.69) is 31.5 Å². The third kappa shape index (κ3) is 4.55. The third-order valence-corrected chi connectivity index (χ3v) is 6.99. The maximum Gasteiger partial charge on any atom is 0.261 e. The molecule has 0 aliphatic heterocycles. The van der Waals surface area contributed by atoms with Gasteiger partial charge < -0.3 is 10.6 Å². The largest absolute Gasteiger partial charge is 0.342 e. The molecule has 2 N–H and O–H groups in total. The van der Waals surface area contributed by atoms with Gasteiger partial charge >= 0.3 is 0 Å². The van der Waals surface area contributed by atoms with Crippen molar-refractivity contribution < 1.29 is 9.59 Å². The van der Waals surface area contributed by atoms with Crippen LogP contribution in [0.2, 0.25) is 0 Å². The fourth-order valence-electron chi connectivity index (χ4n) is 2.76. The van der Waals surface area contributed by atoms with E-state index < -0.39 is 0 Å². The van der Waals surface area contributed by atoms with Crippen LogP contribution in [0.25, 0.3) is 20.1 Å². The van der Waals surface area contributed by atoms with E-state index in [0.29, 0.717) is 4.88 Å². The lowest BCUT2D eigenvalue weighted by atomic mass is 10.2. The third-order valence-electron chi connectivity index (χ3n) is 4.21. The molecule has 29 heavy (non-hydrogen) atoms. The minimum absolute atomic E-state index is 0.0945. The topological polar surface area (TPSA) is 71.1 Å². The minimum atomic E-state index is -0.273. The van der Waals surface area contributed by atoms with Gasteiger partial charge in [0.15, 0.2) is 0 Å². The molecule has 146 valence electrons. The number of hydrogen-bond donors (Lipinski definition) is 2. The second kappa shape index (κ2) is 8.44. The smallest absolute Gasteiger partial charge is 0.261 e. The van der Waals surface area contributed by atoms with Gasteiger partial charge in [-0.3, -0.25) is 9.59 Å². The Labute approximate surface area is 183 Å². The Morgan fingerprint density at radius 3 is 2.69 bits per heavy atom. The van der Waals surface area contributed by atoms with Gasteiger partial charge in [0.05, 0.1) is 26.5 Å². The number of carbonyl (C=O) groups is 2. The lowest BCUT2D eigenvalue weighted by Gasteiger charge is -2.09. The molecule has 2 heterocycles. The van der Waals surface area contributed by atoms with Gasteiger partial charge in [0, 0.05) is 10.2 Å². The molecule has 0 radical (unpaired) electrons. The second-order valence-corrected chi connectivity index (χ2v) is 9.37. The SMILES string of the molecule is Cc1cc(Br)ccc1NC(=O)CNC(=O)c1ccc(-c2nc3ccccc3s2)s1. The molecule has 2 amide bonds. The Hall–Kier alpha value is -2.55. The van der Waals surface area contributed by atoms with E-state index in [4.69, 9.17) is 0 Å². The van der Waals surface area contributed by atoms with Crippen LogP contribution in [0.1, 0.15) is 15.2 Å².